The Morgan fingerprint density at radius 2 is 1.71 bits per heavy atom. The van der Waals surface area contributed by atoms with Crippen LogP contribution in [0.25, 0.3) is 10.8 Å². The van der Waals surface area contributed by atoms with Crippen LogP contribution in [0.15, 0.2) is 90.2 Å². The van der Waals surface area contributed by atoms with E-state index in [0.29, 0.717) is 18.8 Å². The van der Waals surface area contributed by atoms with Crippen LogP contribution in [-0.4, -0.2) is 28.2 Å². The largest absolute Gasteiger partial charge is 0.416 e. The number of hydrogen-bond acceptors (Lipinski definition) is 3. The van der Waals surface area contributed by atoms with E-state index in [0.717, 1.165) is 52.6 Å². The second kappa shape index (κ2) is 9.33. The second-order valence-corrected chi connectivity index (χ2v) is 8.47. The van der Waals surface area contributed by atoms with Gasteiger partial charge in [0.1, 0.15) is 5.84 Å². The topological polar surface area (TPSA) is 45.6 Å². The number of carbonyl (C=O) groups excluding carboxylic acids is 1. The molecule has 1 aromatic heterocycles. The Hall–Kier alpha value is -4.00. The number of unbranched alkanes of at least 4 members (excludes halogenated alkanes) is 1. The van der Waals surface area contributed by atoms with Gasteiger partial charge in [-0.15, -0.1) is 0 Å². The van der Waals surface area contributed by atoms with Crippen LogP contribution in [0.1, 0.15) is 39.9 Å². The summed E-state index contributed by atoms with van der Waals surface area (Å²) >= 11 is 0. The number of aryl methyl sites for hydroxylation is 1. The van der Waals surface area contributed by atoms with E-state index < -0.39 is 17.6 Å². The van der Waals surface area contributed by atoms with Crippen molar-refractivity contribution in [3.05, 3.63) is 107 Å². The SMILES string of the molecule is O=C(c1cccc(C(F)(F)F)c1)N(CCCCc1cccnc1)C1=Nc2cccc3cccc1c23. The maximum atomic E-state index is 13.6. The molecule has 176 valence electrons. The first-order valence-corrected chi connectivity index (χ1v) is 11.4. The zero-order valence-electron chi connectivity index (χ0n) is 18.8. The van der Waals surface area contributed by atoms with E-state index in [9.17, 15) is 18.0 Å². The Labute approximate surface area is 200 Å². The van der Waals surface area contributed by atoms with E-state index in [2.05, 4.69) is 4.98 Å². The molecule has 0 unspecified atom stereocenters. The fourth-order valence-corrected chi connectivity index (χ4v) is 4.41. The Balaban J connectivity index is 1.46. The molecule has 4 aromatic rings. The van der Waals surface area contributed by atoms with Crippen molar-refractivity contribution in [1.29, 1.82) is 0 Å². The highest BCUT2D eigenvalue weighted by Gasteiger charge is 2.32. The lowest BCUT2D eigenvalue weighted by atomic mass is 10.0. The smallest absolute Gasteiger partial charge is 0.292 e. The highest BCUT2D eigenvalue weighted by molar-refractivity contribution is 6.23. The molecule has 0 saturated heterocycles. The molecular formula is C28H22F3N3O. The molecule has 0 saturated carbocycles. The third-order valence-corrected chi connectivity index (χ3v) is 6.11. The fraction of sp³-hybridized carbons (Fsp3) is 0.179. The zero-order valence-corrected chi connectivity index (χ0v) is 18.8. The first-order valence-electron chi connectivity index (χ1n) is 11.4. The molecule has 1 aliphatic heterocycles. The number of amides is 1. The minimum absolute atomic E-state index is 0.0158. The van der Waals surface area contributed by atoms with Crippen molar-refractivity contribution >= 4 is 28.2 Å². The molecule has 0 fully saturated rings. The van der Waals surface area contributed by atoms with E-state index >= 15 is 0 Å². The van der Waals surface area contributed by atoms with E-state index in [1.807, 2.05) is 54.7 Å². The summed E-state index contributed by atoms with van der Waals surface area (Å²) in [6.07, 6.45) is 1.24. The van der Waals surface area contributed by atoms with Crippen LogP contribution in [-0.2, 0) is 12.6 Å². The Morgan fingerprint density at radius 1 is 0.914 bits per heavy atom. The lowest BCUT2D eigenvalue weighted by Crippen LogP contribution is -2.38. The molecule has 1 aliphatic rings. The normalized spacial score (nSPS) is 12.6. The lowest BCUT2D eigenvalue weighted by molar-refractivity contribution is -0.137. The third-order valence-electron chi connectivity index (χ3n) is 6.11. The van der Waals surface area contributed by atoms with Gasteiger partial charge in [-0.25, -0.2) is 4.99 Å². The molecule has 0 bridgehead atoms. The number of pyridine rings is 1. The average Bonchev–Trinajstić information content (AvgIpc) is 3.24. The predicted molar refractivity (Wildman–Crippen MR) is 130 cm³/mol. The van der Waals surface area contributed by atoms with Crippen LogP contribution >= 0.6 is 0 Å². The summed E-state index contributed by atoms with van der Waals surface area (Å²) < 4.78 is 40.0. The molecule has 0 aliphatic carbocycles. The first kappa shape index (κ1) is 22.8. The van der Waals surface area contributed by atoms with Crippen LogP contribution in [0.4, 0.5) is 18.9 Å². The Bertz CT molecular complexity index is 1410. The number of benzene rings is 3. The number of carbonyl (C=O) groups is 1. The van der Waals surface area contributed by atoms with Gasteiger partial charge in [-0.05, 0) is 60.5 Å². The van der Waals surface area contributed by atoms with Gasteiger partial charge < -0.3 is 0 Å². The summed E-state index contributed by atoms with van der Waals surface area (Å²) in [6, 6.07) is 20.0. The highest BCUT2D eigenvalue weighted by Crippen LogP contribution is 2.37. The number of amidine groups is 1. The van der Waals surface area contributed by atoms with Gasteiger partial charge in [0.05, 0.1) is 11.3 Å². The monoisotopic (exact) mass is 473 g/mol. The van der Waals surface area contributed by atoms with Crippen LogP contribution < -0.4 is 0 Å². The Kier molecular flexibility index (Phi) is 6.07. The molecule has 0 radical (unpaired) electrons. The number of hydrogen-bond donors (Lipinski definition) is 0. The number of alkyl halides is 3. The molecule has 1 amide bonds. The Morgan fingerprint density at radius 3 is 2.49 bits per heavy atom. The quantitative estimate of drug-likeness (QED) is 0.289. The van der Waals surface area contributed by atoms with Gasteiger partial charge in [-0.3, -0.25) is 14.7 Å². The highest BCUT2D eigenvalue weighted by atomic mass is 19.4. The third kappa shape index (κ3) is 4.67. The summed E-state index contributed by atoms with van der Waals surface area (Å²) in [6.45, 7) is 0.332. The molecular weight excluding hydrogens is 451 g/mol. The van der Waals surface area contributed by atoms with Gasteiger partial charge in [-0.2, -0.15) is 13.2 Å². The summed E-state index contributed by atoms with van der Waals surface area (Å²) in [5.74, 6) is -0.0263. The van der Waals surface area contributed by atoms with Crippen molar-refractivity contribution < 1.29 is 18.0 Å². The number of rotatable bonds is 6. The van der Waals surface area contributed by atoms with Crippen molar-refractivity contribution in [3.8, 4) is 0 Å². The van der Waals surface area contributed by atoms with Crippen molar-refractivity contribution in [2.24, 2.45) is 4.99 Å². The van der Waals surface area contributed by atoms with Gasteiger partial charge in [0.15, 0.2) is 0 Å². The predicted octanol–water partition coefficient (Wildman–Crippen LogP) is 6.81. The summed E-state index contributed by atoms with van der Waals surface area (Å²) in [4.78, 5) is 24.0. The number of halogens is 3. The van der Waals surface area contributed by atoms with Crippen molar-refractivity contribution in [1.82, 2.24) is 9.88 Å². The van der Waals surface area contributed by atoms with Gasteiger partial charge >= 0.3 is 6.18 Å². The van der Waals surface area contributed by atoms with Crippen molar-refractivity contribution in [2.45, 2.75) is 25.4 Å². The van der Waals surface area contributed by atoms with Crippen LogP contribution in [0.2, 0.25) is 0 Å². The molecule has 7 heteroatoms. The van der Waals surface area contributed by atoms with Gasteiger partial charge in [0.25, 0.3) is 5.91 Å². The lowest BCUT2D eigenvalue weighted by Gasteiger charge is -2.24. The van der Waals surface area contributed by atoms with Crippen LogP contribution in [0.5, 0.6) is 0 Å². The fourth-order valence-electron chi connectivity index (χ4n) is 4.41. The number of aliphatic imine (C=N–C) groups is 1. The average molecular weight is 473 g/mol. The standard InChI is InChI=1S/C28H22F3N3O/c29-28(30,31)22-12-3-11-21(17-22)27(35)34(16-2-1-7-19-8-6-15-32-18-19)26-23-13-4-9-20-10-5-14-24(33-26)25(20)23/h3-6,8-15,17-18H,1-2,7,16H2. The first-order chi connectivity index (χ1) is 16.9. The molecule has 0 spiro atoms. The van der Waals surface area contributed by atoms with Gasteiger partial charge in [0, 0.05) is 35.5 Å². The maximum absolute atomic E-state index is 13.6. The van der Waals surface area contributed by atoms with E-state index in [-0.39, 0.29) is 5.56 Å². The minimum atomic E-state index is -4.53. The summed E-state index contributed by atoms with van der Waals surface area (Å²) in [5.41, 5.74) is 1.80. The second-order valence-electron chi connectivity index (χ2n) is 8.47. The molecule has 4 nitrogen and oxygen atoms in total. The molecule has 5 rings (SSSR count). The van der Waals surface area contributed by atoms with Gasteiger partial charge in [-0.1, -0.05) is 42.5 Å². The number of aromatic nitrogens is 1. The summed E-state index contributed by atoms with van der Waals surface area (Å²) in [7, 11) is 0. The van der Waals surface area contributed by atoms with E-state index in [1.54, 1.807) is 6.20 Å². The van der Waals surface area contributed by atoms with Crippen molar-refractivity contribution in [3.63, 3.8) is 0 Å². The molecule has 3 aromatic carbocycles. The molecule has 35 heavy (non-hydrogen) atoms. The maximum Gasteiger partial charge on any atom is 0.416 e. The van der Waals surface area contributed by atoms with E-state index in [1.165, 1.54) is 17.0 Å². The summed E-state index contributed by atoms with van der Waals surface area (Å²) in [5, 5.41) is 1.95. The van der Waals surface area contributed by atoms with Crippen LogP contribution in [0.3, 0.4) is 0 Å². The van der Waals surface area contributed by atoms with Crippen LogP contribution in [0, 0.1) is 0 Å². The molecule has 0 N–H and O–H groups in total. The number of nitrogens with zero attached hydrogens (tertiary/aromatic N) is 3. The molecule has 2 heterocycles. The van der Waals surface area contributed by atoms with Crippen molar-refractivity contribution in [2.75, 3.05) is 6.54 Å². The van der Waals surface area contributed by atoms with Gasteiger partial charge in [0.2, 0.25) is 0 Å². The van der Waals surface area contributed by atoms with E-state index in [4.69, 9.17) is 4.99 Å². The zero-order chi connectivity index (χ0) is 24.4. The molecule has 0 atom stereocenters. The minimum Gasteiger partial charge on any atom is -0.292 e.